The zero-order chi connectivity index (χ0) is 11.8. The number of hydrogen-bond acceptors (Lipinski definition) is 2. The molecule has 0 aromatic heterocycles. The molecule has 3 heteroatoms. The lowest BCUT2D eigenvalue weighted by molar-refractivity contribution is 0.732. The molecule has 86 valence electrons. The standard InChI is InChI=1S/C13H16BrNS/c1-3-7-16-8-6-15-10-12-5-4-11(2)13(14)9-12/h1,4-5,9,15H,6-8,10H2,2H3. The summed E-state index contributed by atoms with van der Waals surface area (Å²) < 4.78 is 1.17. The normalized spacial score (nSPS) is 10.1. The van der Waals surface area contributed by atoms with Crippen molar-refractivity contribution in [3.63, 3.8) is 0 Å². The molecule has 0 saturated carbocycles. The molecule has 0 fully saturated rings. The number of aryl methyl sites for hydroxylation is 1. The Kier molecular flexibility index (Phi) is 6.63. The zero-order valence-corrected chi connectivity index (χ0v) is 11.8. The van der Waals surface area contributed by atoms with Crippen molar-refractivity contribution in [3.05, 3.63) is 33.8 Å². The number of rotatable bonds is 6. The topological polar surface area (TPSA) is 12.0 Å². The minimum atomic E-state index is 0.803. The lowest BCUT2D eigenvalue weighted by Gasteiger charge is -2.06. The lowest BCUT2D eigenvalue weighted by Crippen LogP contribution is -2.16. The molecule has 0 spiro atoms. The Morgan fingerprint density at radius 2 is 2.31 bits per heavy atom. The number of terminal acetylenes is 1. The average molecular weight is 298 g/mol. The predicted molar refractivity (Wildman–Crippen MR) is 76.7 cm³/mol. The SMILES string of the molecule is C#CCSCCNCc1ccc(C)c(Br)c1. The third kappa shape index (κ3) is 5.07. The summed E-state index contributed by atoms with van der Waals surface area (Å²) in [4.78, 5) is 0. The first-order valence-electron chi connectivity index (χ1n) is 5.21. The van der Waals surface area contributed by atoms with Gasteiger partial charge in [0.05, 0.1) is 5.75 Å². The van der Waals surface area contributed by atoms with Crippen LogP contribution in [0.2, 0.25) is 0 Å². The van der Waals surface area contributed by atoms with Crippen molar-refractivity contribution in [2.45, 2.75) is 13.5 Å². The van der Waals surface area contributed by atoms with Gasteiger partial charge in [-0.15, -0.1) is 18.2 Å². The van der Waals surface area contributed by atoms with Gasteiger partial charge in [-0.05, 0) is 24.1 Å². The molecule has 16 heavy (non-hydrogen) atoms. The molecular formula is C13H16BrNS. The second-order valence-electron chi connectivity index (χ2n) is 3.52. The zero-order valence-electron chi connectivity index (χ0n) is 9.42. The highest BCUT2D eigenvalue weighted by molar-refractivity contribution is 9.10. The van der Waals surface area contributed by atoms with Gasteiger partial charge in [0, 0.05) is 23.3 Å². The number of nitrogens with one attached hydrogen (secondary N) is 1. The summed E-state index contributed by atoms with van der Waals surface area (Å²) in [5, 5.41) is 3.40. The van der Waals surface area contributed by atoms with Crippen LogP contribution in [0.5, 0.6) is 0 Å². The summed E-state index contributed by atoms with van der Waals surface area (Å²) in [6.07, 6.45) is 5.17. The van der Waals surface area contributed by atoms with E-state index < -0.39 is 0 Å². The first-order valence-corrected chi connectivity index (χ1v) is 7.15. The van der Waals surface area contributed by atoms with Crippen molar-refractivity contribution >= 4 is 27.7 Å². The average Bonchev–Trinajstić information content (AvgIpc) is 2.28. The molecule has 0 radical (unpaired) electrons. The maximum absolute atomic E-state index is 5.17. The van der Waals surface area contributed by atoms with Crippen LogP contribution in [-0.2, 0) is 6.54 Å². The van der Waals surface area contributed by atoms with Gasteiger partial charge in [-0.2, -0.15) is 0 Å². The lowest BCUT2D eigenvalue weighted by atomic mass is 10.1. The first kappa shape index (κ1) is 13.6. The highest BCUT2D eigenvalue weighted by Gasteiger charge is 1.97. The second-order valence-corrected chi connectivity index (χ2v) is 5.48. The first-order chi connectivity index (χ1) is 7.74. The Bertz CT molecular complexity index is 371. The molecule has 1 aromatic rings. The molecule has 0 aliphatic heterocycles. The minimum Gasteiger partial charge on any atom is -0.312 e. The summed E-state index contributed by atoms with van der Waals surface area (Å²) in [6, 6.07) is 6.45. The van der Waals surface area contributed by atoms with Crippen molar-refractivity contribution in [1.82, 2.24) is 5.32 Å². The van der Waals surface area contributed by atoms with Crippen LogP contribution < -0.4 is 5.32 Å². The van der Waals surface area contributed by atoms with E-state index in [-0.39, 0.29) is 0 Å². The number of halogens is 1. The molecule has 0 aliphatic carbocycles. The monoisotopic (exact) mass is 297 g/mol. The molecule has 1 nitrogen and oxygen atoms in total. The van der Waals surface area contributed by atoms with Crippen LogP contribution >= 0.6 is 27.7 Å². The molecule has 0 bridgehead atoms. The fourth-order valence-electron chi connectivity index (χ4n) is 1.25. The third-order valence-electron chi connectivity index (χ3n) is 2.17. The number of benzene rings is 1. The number of thioether (sulfide) groups is 1. The van der Waals surface area contributed by atoms with Crippen LogP contribution in [0.1, 0.15) is 11.1 Å². The molecule has 0 atom stereocenters. The smallest absolute Gasteiger partial charge is 0.0545 e. The van der Waals surface area contributed by atoms with E-state index in [4.69, 9.17) is 6.42 Å². The van der Waals surface area contributed by atoms with Gasteiger partial charge in [0.1, 0.15) is 0 Å². The Labute approximate surface area is 111 Å². The Hall–Kier alpha value is -0.430. The van der Waals surface area contributed by atoms with E-state index in [0.29, 0.717) is 0 Å². The van der Waals surface area contributed by atoms with E-state index >= 15 is 0 Å². The summed E-state index contributed by atoms with van der Waals surface area (Å²) >= 11 is 5.32. The Morgan fingerprint density at radius 1 is 1.50 bits per heavy atom. The summed E-state index contributed by atoms with van der Waals surface area (Å²) in [6.45, 7) is 4.01. The van der Waals surface area contributed by atoms with E-state index in [0.717, 1.165) is 24.6 Å². The van der Waals surface area contributed by atoms with E-state index in [1.807, 2.05) is 0 Å². The molecule has 0 unspecified atom stereocenters. The van der Waals surface area contributed by atoms with E-state index in [1.165, 1.54) is 15.6 Å². The van der Waals surface area contributed by atoms with Gasteiger partial charge in [-0.3, -0.25) is 0 Å². The van der Waals surface area contributed by atoms with Gasteiger partial charge < -0.3 is 5.32 Å². The van der Waals surface area contributed by atoms with Crippen LogP contribution in [-0.4, -0.2) is 18.1 Å². The Morgan fingerprint density at radius 3 is 3.00 bits per heavy atom. The molecule has 1 rings (SSSR count). The van der Waals surface area contributed by atoms with E-state index in [1.54, 1.807) is 11.8 Å². The molecular weight excluding hydrogens is 282 g/mol. The highest BCUT2D eigenvalue weighted by atomic mass is 79.9. The van der Waals surface area contributed by atoms with Gasteiger partial charge in [0.2, 0.25) is 0 Å². The molecule has 1 N–H and O–H groups in total. The van der Waals surface area contributed by atoms with Crippen LogP contribution in [0.3, 0.4) is 0 Å². The van der Waals surface area contributed by atoms with Crippen molar-refractivity contribution in [2.75, 3.05) is 18.1 Å². The summed E-state index contributed by atoms with van der Waals surface area (Å²) in [5.74, 6) is 4.49. The minimum absolute atomic E-state index is 0.803. The molecule has 0 aliphatic rings. The van der Waals surface area contributed by atoms with Crippen LogP contribution in [0.25, 0.3) is 0 Å². The van der Waals surface area contributed by atoms with Gasteiger partial charge in [0.25, 0.3) is 0 Å². The van der Waals surface area contributed by atoms with Gasteiger partial charge in [-0.1, -0.05) is 34.0 Å². The molecule has 0 heterocycles. The molecule has 0 saturated heterocycles. The largest absolute Gasteiger partial charge is 0.312 e. The fraction of sp³-hybridized carbons (Fsp3) is 0.385. The maximum Gasteiger partial charge on any atom is 0.0545 e. The van der Waals surface area contributed by atoms with Gasteiger partial charge in [0.15, 0.2) is 0 Å². The van der Waals surface area contributed by atoms with Crippen LogP contribution in [0.15, 0.2) is 22.7 Å². The molecule has 1 aromatic carbocycles. The molecule has 0 amide bonds. The van der Waals surface area contributed by atoms with Gasteiger partial charge in [-0.25, -0.2) is 0 Å². The van der Waals surface area contributed by atoms with Crippen LogP contribution in [0, 0.1) is 19.3 Å². The van der Waals surface area contributed by atoms with E-state index in [2.05, 4.69) is 52.3 Å². The summed E-state index contributed by atoms with van der Waals surface area (Å²) in [5.41, 5.74) is 2.58. The van der Waals surface area contributed by atoms with Crippen molar-refractivity contribution < 1.29 is 0 Å². The summed E-state index contributed by atoms with van der Waals surface area (Å²) in [7, 11) is 0. The second kappa shape index (κ2) is 7.78. The quantitative estimate of drug-likeness (QED) is 0.639. The Balaban J connectivity index is 2.22. The van der Waals surface area contributed by atoms with Crippen molar-refractivity contribution in [2.24, 2.45) is 0 Å². The van der Waals surface area contributed by atoms with Crippen molar-refractivity contribution in [3.8, 4) is 12.3 Å². The van der Waals surface area contributed by atoms with E-state index in [9.17, 15) is 0 Å². The number of hydrogen-bond donors (Lipinski definition) is 1. The van der Waals surface area contributed by atoms with Crippen LogP contribution in [0.4, 0.5) is 0 Å². The maximum atomic E-state index is 5.17. The predicted octanol–water partition coefficient (Wildman–Crippen LogP) is 3.21. The van der Waals surface area contributed by atoms with Gasteiger partial charge >= 0.3 is 0 Å². The van der Waals surface area contributed by atoms with Crippen molar-refractivity contribution in [1.29, 1.82) is 0 Å². The fourth-order valence-corrected chi connectivity index (χ4v) is 2.23. The highest BCUT2D eigenvalue weighted by Crippen LogP contribution is 2.17. The third-order valence-corrected chi connectivity index (χ3v) is 3.89.